The van der Waals surface area contributed by atoms with Gasteiger partial charge in [-0.15, -0.1) is 10.2 Å². The fourth-order valence-electron chi connectivity index (χ4n) is 2.56. The Balaban J connectivity index is 1.60. The minimum absolute atomic E-state index is 0.112. The predicted octanol–water partition coefficient (Wildman–Crippen LogP) is 4.24. The third-order valence-electron chi connectivity index (χ3n) is 4.00. The van der Waals surface area contributed by atoms with Gasteiger partial charge in [-0.05, 0) is 48.9 Å². The molecule has 0 saturated heterocycles. The lowest BCUT2D eigenvalue weighted by Gasteiger charge is -2.14. The van der Waals surface area contributed by atoms with Gasteiger partial charge in [0.05, 0.1) is 11.8 Å². The number of benzene rings is 2. The van der Waals surface area contributed by atoms with E-state index in [1.165, 1.54) is 23.9 Å². The number of carbonyl (C=O) groups is 1. The van der Waals surface area contributed by atoms with Crippen LogP contribution in [0.1, 0.15) is 18.5 Å². The maximum absolute atomic E-state index is 13.1. The minimum Gasteiger partial charge on any atom is -0.349 e. The Morgan fingerprint density at radius 1 is 1.26 bits per heavy atom. The second-order valence-electron chi connectivity index (χ2n) is 6.00. The summed E-state index contributed by atoms with van der Waals surface area (Å²) in [6.07, 6.45) is 0. The van der Waals surface area contributed by atoms with E-state index in [0.29, 0.717) is 16.0 Å². The van der Waals surface area contributed by atoms with Gasteiger partial charge in [-0.3, -0.25) is 4.79 Å². The van der Waals surface area contributed by atoms with Crippen molar-refractivity contribution in [2.24, 2.45) is 7.05 Å². The highest BCUT2D eigenvalue weighted by atomic mass is 35.5. The Morgan fingerprint density at radius 2 is 2.00 bits per heavy atom. The molecule has 140 valence electrons. The molecule has 0 saturated carbocycles. The zero-order valence-corrected chi connectivity index (χ0v) is 16.4. The molecule has 1 N–H and O–H groups in total. The Morgan fingerprint density at radius 3 is 2.70 bits per heavy atom. The average molecular weight is 405 g/mol. The summed E-state index contributed by atoms with van der Waals surface area (Å²) < 4.78 is 14.9. The lowest BCUT2D eigenvalue weighted by Crippen LogP contribution is -2.28. The van der Waals surface area contributed by atoms with E-state index >= 15 is 0 Å². The molecule has 0 unspecified atom stereocenters. The van der Waals surface area contributed by atoms with Crippen molar-refractivity contribution in [1.82, 2.24) is 20.1 Å². The standard InChI is InChI=1S/C19H18ClFN4OS/c1-12(14-4-3-5-15(20)10-14)22-17(26)11-27-19-24-23-18(25(19)2)13-6-8-16(21)9-7-13/h3-10,12H,11H2,1-2H3,(H,22,26)/t12-/m0/s1. The van der Waals surface area contributed by atoms with Crippen molar-refractivity contribution >= 4 is 29.3 Å². The molecule has 0 aliphatic heterocycles. The summed E-state index contributed by atoms with van der Waals surface area (Å²) in [5.41, 5.74) is 1.70. The molecular formula is C19H18ClFN4OS. The van der Waals surface area contributed by atoms with Crippen LogP contribution in [0.5, 0.6) is 0 Å². The number of nitrogens with one attached hydrogen (secondary N) is 1. The molecule has 0 bridgehead atoms. The largest absolute Gasteiger partial charge is 0.349 e. The number of halogens is 2. The molecule has 0 fully saturated rings. The van der Waals surface area contributed by atoms with Gasteiger partial charge in [-0.1, -0.05) is 35.5 Å². The van der Waals surface area contributed by atoms with E-state index in [1.807, 2.05) is 32.2 Å². The van der Waals surface area contributed by atoms with E-state index < -0.39 is 0 Å². The van der Waals surface area contributed by atoms with Crippen LogP contribution in [0, 0.1) is 5.82 Å². The zero-order valence-electron chi connectivity index (χ0n) is 14.8. The average Bonchev–Trinajstić information content (AvgIpc) is 3.01. The number of aromatic nitrogens is 3. The first kappa shape index (κ1) is 19.4. The molecule has 1 atom stereocenters. The monoisotopic (exact) mass is 404 g/mol. The molecular weight excluding hydrogens is 387 g/mol. The van der Waals surface area contributed by atoms with Crippen molar-refractivity contribution in [3.05, 3.63) is 64.9 Å². The number of rotatable bonds is 6. The van der Waals surface area contributed by atoms with Crippen molar-refractivity contribution in [2.75, 3.05) is 5.75 Å². The van der Waals surface area contributed by atoms with Gasteiger partial charge in [0.25, 0.3) is 0 Å². The van der Waals surface area contributed by atoms with Gasteiger partial charge in [0.1, 0.15) is 5.82 Å². The second-order valence-corrected chi connectivity index (χ2v) is 7.38. The first-order chi connectivity index (χ1) is 12.9. The van der Waals surface area contributed by atoms with E-state index in [9.17, 15) is 9.18 Å². The van der Waals surface area contributed by atoms with Crippen LogP contribution in [0.3, 0.4) is 0 Å². The highest BCUT2D eigenvalue weighted by molar-refractivity contribution is 7.99. The van der Waals surface area contributed by atoms with Crippen molar-refractivity contribution in [2.45, 2.75) is 18.1 Å². The fourth-order valence-corrected chi connectivity index (χ4v) is 3.48. The molecule has 0 aliphatic carbocycles. The molecule has 0 aliphatic rings. The molecule has 27 heavy (non-hydrogen) atoms. The summed E-state index contributed by atoms with van der Waals surface area (Å²) in [5.74, 6) is 0.408. The van der Waals surface area contributed by atoms with Gasteiger partial charge in [-0.2, -0.15) is 0 Å². The van der Waals surface area contributed by atoms with Gasteiger partial charge in [0.15, 0.2) is 11.0 Å². The van der Waals surface area contributed by atoms with Crippen molar-refractivity contribution in [3.8, 4) is 11.4 Å². The Hall–Kier alpha value is -2.38. The predicted molar refractivity (Wildman–Crippen MR) is 105 cm³/mol. The van der Waals surface area contributed by atoms with Crippen molar-refractivity contribution < 1.29 is 9.18 Å². The molecule has 0 radical (unpaired) electrons. The third kappa shape index (κ3) is 4.87. The van der Waals surface area contributed by atoms with Crippen molar-refractivity contribution in [1.29, 1.82) is 0 Å². The molecule has 5 nitrogen and oxygen atoms in total. The Bertz CT molecular complexity index is 945. The second kappa shape index (κ2) is 8.54. The van der Waals surface area contributed by atoms with Crippen molar-refractivity contribution in [3.63, 3.8) is 0 Å². The van der Waals surface area contributed by atoms with Crippen LogP contribution in [0.2, 0.25) is 5.02 Å². The lowest BCUT2D eigenvalue weighted by molar-refractivity contribution is -0.119. The lowest BCUT2D eigenvalue weighted by atomic mass is 10.1. The first-order valence-corrected chi connectivity index (χ1v) is 9.63. The van der Waals surface area contributed by atoms with Gasteiger partial charge < -0.3 is 9.88 Å². The number of hydrogen-bond donors (Lipinski definition) is 1. The fraction of sp³-hybridized carbons (Fsp3) is 0.211. The smallest absolute Gasteiger partial charge is 0.230 e. The minimum atomic E-state index is -0.305. The molecule has 3 rings (SSSR count). The summed E-state index contributed by atoms with van der Waals surface area (Å²) in [6.45, 7) is 1.91. The van der Waals surface area contributed by atoms with E-state index in [4.69, 9.17) is 11.6 Å². The van der Waals surface area contributed by atoms with Crippen LogP contribution in [0.4, 0.5) is 4.39 Å². The number of thioether (sulfide) groups is 1. The normalized spacial score (nSPS) is 12.0. The Labute approximate surface area is 166 Å². The molecule has 1 amide bonds. The van der Waals surface area contributed by atoms with E-state index in [2.05, 4.69) is 15.5 Å². The zero-order chi connectivity index (χ0) is 19.4. The summed E-state index contributed by atoms with van der Waals surface area (Å²) in [5, 5.41) is 12.4. The molecule has 0 spiro atoms. The number of carbonyl (C=O) groups excluding carboxylic acids is 1. The topological polar surface area (TPSA) is 59.8 Å². The summed E-state index contributed by atoms with van der Waals surface area (Å²) in [4.78, 5) is 12.2. The van der Waals surface area contributed by atoms with E-state index in [0.717, 1.165) is 11.1 Å². The van der Waals surface area contributed by atoms with Crippen LogP contribution in [-0.4, -0.2) is 26.4 Å². The summed E-state index contributed by atoms with van der Waals surface area (Å²) in [7, 11) is 1.81. The van der Waals surface area contributed by atoms with Gasteiger partial charge in [-0.25, -0.2) is 4.39 Å². The number of hydrogen-bond acceptors (Lipinski definition) is 4. The van der Waals surface area contributed by atoms with Gasteiger partial charge in [0, 0.05) is 17.6 Å². The summed E-state index contributed by atoms with van der Waals surface area (Å²) >= 11 is 7.28. The third-order valence-corrected chi connectivity index (χ3v) is 5.25. The highest BCUT2D eigenvalue weighted by Crippen LogP contribution is 2.23. The number of amides is 1. The Kier molecular flexibility index (Phi) is 6.13. The molecule has 1 aromatic heterocycles. The van der Waals surface area contributed by atoms with Crippen LogP contribution in [-0.2, 0) is 11.8 Å². The van der Waals surface area contributed by atoms with Gasteiger partial charge in [0.2, 0.25) is 5.91 Å². The maximum Gasteiger partial charge on any atom is 0.230 e. The van der Waals surface area contributed by atoms with Crippen LogP contribution in [0.25, 0.3) is 11.4 Å². The van der Waals surface area contributed by atoms with Gasteiger partial charge >= 0.3 is 0 Å². The molecule has 3 aromatic rings. The maximum atomic E-state index is 13.1. The van der Waals surface area contributed by atoms with E-state index in [-0.39, 0.29) is 23.5 Å². The quantitative estimate of drug-likeness (QED) is 0.624. The number of nitrogens with zero attached hydrogens (tertiary/aromatic N) is 3. The van der Waals surface area contributed by atoms with Crippen LogP contribution >= 0.6 is 23.4 Å². The first-order valence-electron chi connectivity index (χ1n) is 8.27. The van der Waals surface area contributed by atoms with Crippen LogP contribution < -0.4 is 5.32 Å². The van der Waals surface area contributed by atoms with Crippen LogP contribution in [0.15, 0.2) is 53.7 Å². The SMILES string of the molecule is C[C@H](NC(=O)CSc1nnc(-c2ccc(F)cc2)n1C)c1cccc(Cl)c1. The molecule has 1 heterocycles. The van der Waals surface area contributed by atoms with E-state index in [1.54, 1.807) is 22.8 Å². The summed E-state index contributed by atoms with van der Waals surface area (Å²) in [6, 6.07) is 13.3. The molecule has 2 aromatic carbocycles. The highest BCUT2D eigenvalue weighted by Gasteiger charge is 2.15. The molecule has 8 heteroatoms.